The first-order chi connectivity index (χ1) is 8.27. The second kappa shape index (κ2) is 4.87. The van der Waals surface area contributed by atoms with E-state index in [4.69, 9.17) is 4.84 Å². The van der Waals surface area contributed by atoms with Crippen LogP contribution in [0.2, 0.25) is 0 Å². The van der Waals surface area contributed by atoms with Gasteiger partial charge in [-0.1, -0.05) is 29.4 Å². The van der Waals surface area contributed by atoms with E-state index in [1.165, 1.54) is 10.9 Å². The van der Waals surface area contributed by atoms with Crippen LogP contribution in [-0.2, 0) is 11.4 Å². The van der Waals surface area contributed by atoms with E-state index in [0.717, 1.165) is 17.8 Å². The van der Waals surface area contributed by atoms with Crippen molar-refractivity contribution in [3.05, 3.63) is 48.7 Å². The van der Waals surface area contributed by atoms with Crippen molar-refractivity contribution in [2.45, 2.75) is 13.5 Å². The summed E-state index contributed by atoms with van der Waals surface area (Å²) in [6.07, 6.45) is 3.98. The summed E-state index contributed by atoms with van der Waals surface area (Å²) >= 11 is 0. The van der Waals surface area contributed by atoms with Gasteiger partial charge in [0.15, 0.2) is 0 Å². The Labute approximate surface area is 101 Å². The molecule has 0 aliphatic rings. The van der Waals surface area contributed by atoms with Crippen molar-refractivity contribution in [2.24, 2.45) is 5.16 Å². The third-order valence-electron chi connectivity index (χ3n) is 2.73. The lowest BCUT2D eigenvalue weighted by Gasteiger charge is -1.98. The van der Waals surface area contributed by atoms with Gasteiger partial charge in [0.1, 0.15) is 7.11 Å². The van der Waals surface area contributed by atoms with Crippen LogP contribution in [0.15, 0.2) is 48.3 Å². The highest BCUT2D eigenvalue weighted by atomic mass is 16.6. The zero-order valence-corrected chi connectivity index (χ0v) is 10.2. The van der Waals surface area contributed by atoms with Crippen LogP contribution in [-0.4, -0.2) is 17.4 Å². The molecular weight excluding hydrogens is 212 g/mol. The molecule has 0 amide bonds. The van der Waals surface area contributed by atoms with Crippen LogP contribution in [0.5, 0.6) is 0 Å². The lowest BCUT2D eigenvalue weighted by atomic mass is 10.1. The smallest absolute Gasteiger partial charge is 0.106 e. The van der Waals surface area contributed by atoms with Crippen LogP contribution in [0.1, 0.15) is 12.5 Å². The van der Waals surface area contributed by atoms with Crippen molar-refractivity contribution < 1.29 is 4.84 Å². The van der Waals surface area contributed by atoms with E-state index in [1.807, 2.05) is 25.1 Å². The van der Waals surface area contributed by atoms with Crippen molar-refractivity contribution in [1.82, 2.24) is 4.57 Å². The van der Waals surface area contributed by atoms with Gasteiger partial charge in [-0.3, -0.25) is 0 Å². The van der Waals surface area contributed by atoms with Crippen LogP contribution in [0.3, 0.4) is 0 Å². The van der Waals surface area contributed by atoms with Gasteiger partial charge < -0.3 is 9.40 Å². The number of hydrogen-bond donors (Lipinski definition) is 0. The van der Waals surface area contributed by atoms with Crippen LogP contribution in [0.25, 0.3) is 10.9 Å². The molecule has 0 radical (unpaired) electrons. The van der Waals surface area contributed by atoms with Gasteiger partial charge in [-0.25, -0.2) is 0 Å². The highest BCUT2D eigenvalue weighted by Crippen LogP contribution is 2.22. The fraction of sp³-hybridized carbons (Fsp3) is 0.214. The van der Waals surface area contributed by atoms with E-state index in [-0.39, 0.29) is 0 Å². The molecule has 2 rings (SSSR count). The molecule has 0 aliphatic heterocycles. The predicted molar refractivity (Wildman–Crippen MR) is 71.4 cm³/mol. The maximum Gasteiger partial charge on any atom is 0.106 e. The molecule has 0 fully saturated rings. The van der Waals surface area contributed by atoms with Crippen LogP contribution < -0.4 is 0 Å². The Hall–Kier alpha value is -2.03. The predicted octanol–water partition coefficient (Wildman–Crippen LogP) is 3.20. The number of allylic oxidation sites excluding steroid dienone is 1. The number of hydrogen-bond acceptors (Lipinski definition) is 2. The number of oxime groups is 1. The second-order valence-electron chi connectivity index (χ2n) is 3.86. The highest BCUT2D eigenvalue weighted by molar-refractivity contribution is 6.09. The van der Waals surface area contributed by atoms with Crippen molar-refractivity contribution >= 4 is 16.6 Å². The number of rotatable bonds is 4. The molecule has 0 saturated heterocycles. The van der Waals surface area contributed by atoms with Gasteiger partial charge in [0, 0.05) is 29.2 Å². The normalized spacial score (nSPS) is 11.8. The van der Waals surface area contributed by atoms with Gasteiger partial charge in [0.2, 0.25) is 0 Å². The molecule has 1 aromatic heterocycles. The molecule has 17 heavy (non-hydrogen) atoms. The molecule has 3 nitrogen and oxygen atoms in total. The molecule has 0 N–H and O–H groups in total. The fourth-order valence-corrected chi connectivity index (χ4v) is 2.01. The fourth-order valence-electron chi connectivity index (χ4n) is 2.01. The Balaban J connectivity index is 2.64. The number of benzene rings is 1. The molecule has 1 aromatic carbocycles. The molecule has 0 unspecified atom stereocenters. The van der Waals surface area contributed by atoms with Crippen molar-refractivity contribution in [1.29, 1.82) is 0 Å². The number of fused-ring (bicyclic) bond motifs is 1. The Morgan fingerprint density at radius 1 is 1.47 bits per heavy atom. The highest BCUT2D eigenvalue weighted by Gasteiger charge is 2.09. The number of aromatic nitrogens is 1. The summed E-state index contributed by atoms with van der Waals surface area (Å²) in [6.45, 7) is 6.52. The Morgan fingerprint density at radius 2 is 2.24 bits per heavy atom. The number of para-hydroxylation sites is 1. The maximum atomic E-state index is 4.83. The third kappa shape index (κ3) is 2.09. The molecule has 3 heteroatoms. The van der Waals surface area contributed by atoms with Crippen LogP contribution in [0.4, 0.5) is 0 Å². The van der Waals surface area contributed by atoms with Crippen LogP contribution >= 0.6 is 0 Å². The minimum absolute atomic E-state index is 0.792. The molecule has 0 bridgehead atoms. The van der Waals surface area contributed by atoms with Gasteiger partial charge in [-0.2, -0.15) is 0 Å². The van der Waals surface area contributed by atoms with Gasteiger partial charge >= 0.3 is 0 Å². The van der Waals surface area contributed by atoms with Gasteiger partial charge in [0.05, 0.1) is 5.71 Å². The maximum absolute atomic E-state index is 4.83. The van der Waals surface area contributed by atoms with Crippen molar-refractivity contribution in [3.8, 4) is 0 Å². The summed E-state index contributed by atoms with van der Waals surface area (Å²) in [4.78, 5) is 4.83. The molecule has 0 saturated carbocycles. The summed E-state index contributed by atoms with van der Waals surface area (Å²) in [7, 11) is 1.56. The summed E-state index contributed by atoms with van der Waals surface area (Å²) in [6, 6.07) is 8.26. The Morgan fingerprint density at radius 3 is 2.94 bits per heavy atom. The van der Waals surface area contributed by atoms with Crippen LogP contribution in [0, 0.1) is 0 Å². The monoisotopic (exact) mass is 228 g/mol. The van der Waals surface area contributed by atoms with E-state index >= 15 is 0 Å². The minimum Gasteiger partial charge on any atom is -0.399 e. The van der Waals surface area contributed by atoms with E-state index in [0.29, 0.717) is 0 Å². The minimum atomic E-state index is 0.792. The standard InChI is InChI=1S/C14H16N2O/c1-4-9-16-10-13(11(2)15-17-3)12-7-5-6-8-14(12)16/h4-8,10H,1,9H2,2-3H3. The molecule has 2 aromatic rings. The average Bonchev–Trinajstić information content (AvgIpc) is 2.70. The van der Waals surface area contributed by atoms with Crippen molar-refractivity contribution in [2.75, 3.05) is 7.11 Å². The van der Waals surface area contributed by atoms with E-state index in [2.05, 4.69) is 34.6 Å². The van der Waals surface area contributed by atoms with Crippen molar-refractivity contribution in [3.63, 3.8) is 0 Å². The topological polar surface area (TPSA) is 26.5 Å². The van der Waals surface area contributed by atoms with E-state index in [1.54, 1.807) is 7.11 Å². The molecule has 0 aliphatic carbocycles. The third-order valence-corrected chi connectivity index (χ3v) is 2.73. The van der Waals surface area contributed by atoms with E-state index in [9.17, 15) is 0 Å². The molecule has 88 valence electrons. The molecule has 0 spiro atoms. The average molecular weight is 228 g/mol. The second-order valence-corrected chi connectivity index (χ2v) is 3.86. The first-order valence-corrected chi connectivity index (χ1v) is 5.54. The zero-order chi connectivity index (χ0) is 12.3. The number of nitrogens with zero attached hydrogens (tertiary/aromatic N) is 2. The molecule has 0 atom stereocenters. The lowest BCUT2D eigenvalue weighted by molar-refractivity contribution is 0.213. The largest absolute Gasteiger partial charge is 0.399 e. The van der Waals surface area contributed by atoms with Gasteiger partial charge in [0.25, 0.3) is 0 Å². The van der Waals surface area contributed by atoms with Gasteiger partial charge in [-0.15, -0.1) is 6.58 Å². The van der Waals surface area contributed by atoms with E-state index < -0.39 is 0 Å². The zero-order valence-electron chi connectivity index (χ0n) is 10.2. The summed E-state index contributed by atoms with van der Waals surface area (Å²) < 4.78 is 2.16. The summed E-state index contributed by atoms with van der Waals surface area (Å²) in [5, 5.41) is 5.18. The first kappa shape index (κ1) is 11.5. The Kier molecular flexibility index (Phi) is 3.28. The van der Waals surface area contributed by atoms with Gasteiger partial charge in [-0.05, 0) is 13.0 Å². The Bertz CT molecular complexity index is 567. The summed E-state index contributed by atoms with van der Waals surface area (Å²) in [5.74, 6) is 0. The molecule has 1 heterocycles. The molecular formula is C14H16N2O. The quantitative estimate of drug-likeness (QED) is 0.448. The SMILES string of the molecule is C=CCn1cc(C(C)=NOC)c2ccccc21. The lowest BCUT2D eigenvalue weighted by Crippen LogP contribution is -1.95. The summed E-state index contributed by atoms with van der Waals surface area (Å²) in [5.41, 5.74) is 3.17. The first-order valence-electron chi connectivity index (χ1n) is 5.54.